The lowest BCUT2D eigenvalue weighted by molar-refractivity contribution is -0.118. The largest absolute Gasteiger partial charge is 0.356 e. The predicted octanol–water partition coefficient (Wildman–Crippen LogP) is 2.44. The summed E-state index contributed by atoms with van der Waals surface area (Å²) >= 11 is 0. The minimum Gasteiger partial charge on any atom is -0.356 e. The number of hydrogen-bond acceptors (Lipinski definition) is 3. The molecule has 1 aliphatic rings. The Hall–Kier alpha value is -2.17. The van der Waals surface area contributed by atoms with Crippen molar-refractivity contribution in [2.24, 2.45) is 0 Å². The maximum absolute atomic E-state index is 11.1. The Balaban J connectivity index is 1.93. The van der Waals surface area contributed by atoms with Crippen molar-refractivity contribution in [1.82, 2.24) is 20.1 Å². The Morgan fingerprint density at radius 1 is 1.36 bits per heavy atom. The van der Waals surface area contributed by atoms with E-state index in [1.165, 1.54) is 30.9 Å². The minimum absolute atomic E-state index is 0.0137. The van der Waals surface area contributed by atoms with E-state index >= 15 is 0 Å². The third-order valence-corrected chi connectivity index (χ3v) is 4.16. The number of hydrogen-bond donors (Lipinski definition) is 1. The zero-order chi connectivity index (χ0) is 15.7. The van der Waals surface area contributed by atoms with Gasteiger partial charge in [-0.3, -0.25) is 4.79 Å². The van der Waals surface area contributed by atoms with Gasteiger partial charge in [0, 0.05) is 25.8 Å². The van der Waals surface area contributed by atoms with E-state index in [-0.39, 0.29) is 5.91 Å². The molecule has 5 nitrogen and oxygen atoms in total. The van der Waals surface area contributed by atoms with E-state index in [0.717, 1.165) is 17.3 Å². The molecule has 0 aliphatic heterocycles. The number of aromatic nitrogens is 3. The van der Waals surface area contributed by atoms with Crippen LogP contribution in [0.2, 0.25) is 0 Å². The van der Waals surface area contributed by atoms with E-state index in [1.54, 1.807) is 0 Å². The van der Waals surface area contributed by atoms with E-state index in [4.69, 9.17) is 10.1 Å². The summed E-state index contributed by atoms with van der Waals surface area (Å²) in [5.41, 5.74) is 3.54. The normalized spacial score (nSPS) is 14.1. The molecule has 1 saturated carbocycles. The molecule has 22 heavy (non-hydrogen) atoms. The molecule has 0 radical (unpaired) electrons. The second-order valence-electron chi connectivity index (χ2n) is 6.02. The van der Waals surface area contributed by atoms with Crippen molar-refractivity contribution < 1.29 is 4.79 Å². The summed E-state index contributed by atoms with van der Waals surface area (Å²) in [5.74, 6) is 2.37. The molecule has 1 aromatic heterocycles. The molecule has 116 valence electrons. The standard InChI is InChI=1S/C17H22N4O/c1-11-5-4-6-15(12(11)2)21-16(9-10-18-13(3)22)19-17(20-21)14-7-8-14/h4-6,14H,7-10H2,1-3H3,(H,18,22). The Morgan fingerprint density at radius 3 is 2.82 bits per heavy atom. The molecule has 0 spiro atoms. The predicted molar refractivity (Wildman–Crippen MR) is 85.2 cm³/mol. The van der Waals surface area contributed by atoms with Gasteiger partial charge < -0.3 is 5.32 Å². The van der Waals surface area contributed by atoms with Crippen LogP contribution in [0.1, 0.15) is 48.5 Å². The summed E-state index contributed by atoms with van der Waals surface area (Å²) in [4.78, 5) is 15.8. The van der Waals surface area contributed by atoms with Crippen LogP contribution in [0.5, 0.6) is 0 Å². The van der Waals surface area contributed by atoms with Crippen LogP contribution in [-0.2, 0) is 11.2 Å². The molecule has 1 N–H and O–H groups in total. The molecule has 2 aromatic rings. The van der Waals surface area contributed by atoms with Crippen molar-refractivity contribution in [2.45, 2.75) is 46.0 Å². The molecule has 5 heteroatoms. The maximum Gasteiger partial charge on any atom is 0.216 e. The first kappa shape index (κ1) is 14.8. The number of rotatable bonds is 5. The molecule has 0 atom stereocenters. The van der Waals surface area contributed by atoms with Gasteiger partial charge in [0.15, 0.2) is 5.82 Å². The molecule has 0 bridgehead atoms. The van der Waals surface area contributed by atoms with E-state index in [9.17, 15) is 4.79 Å². The van der Waals surface area contributed by atoms with E-state index < -0.39 is 0 Å². The van der Waals surface area contributed by atoms with Crippen molar-refractivity contribution in [3.63, 3.8) is 0 Å². The third-order valence-electron chi connectivity index (χ3n) is 4.16. The second kappa shape index (κ2) is 5.91. The highest BCUT2D eigenvalue weighted by molar-refractivity contribution is 5.72. The first-order valence-electron chi connectivity index (χ1n) is 7.83. The zero-order valence-electron chi connectivity index (χ0n) is 13.4. The fraction of sp³-hybridized carbons (Fsp3) is 0.471. The molecule has 0 saturated heterocycles. The van der Waals surface area contributed by atoms with Crippen molar-refractivity contribution in [3.05, 3.63) is 41.0 Å². The van der Waals surface area contributed by atoms with Gasteiger partial charge in [-0.05, 0) is 43.9 Å². The number of benzene rings is 1. The molecule has 3 rings (SSSR count). The number of nitrogens with one attached hydrogen (secondary N) is 1. The van der Waals surface area contributed by atoms with Crippen molar-refractivity contribution in [3.8, 4) is 5.69 Å². The summed E-state index contributed by atoms with van der Waals surface area (Å²) in [7, 11) is 0. The van der Waals surface area contributed by atoms with E-state index in [2.05, 4.69) is 31.3 Å². The molecule has 1 heterocycles. The molecule has 1 fully saturated rings. The maximum atomic E-state index is 11.1. The summed E-state index contributed by atoms with van der Waals surface area (Å²) < 4.78 is 1.96. The van der Waals surface area contributed by atoms with Crippen molar-refractivity contribution in [2.75, 3.05) is 6.54 Å². The van der Waals surface area contributed by atoms with Gasteiger partial charge >= 0.3 is 0 Å². The lowest BCUT2D eigenvalue weighted by atomic mass is 10.1. The number of carbonyl (C=O) groups excluding carboxylic acids is 1. The molecular formula is C17H22N4O. The van der Waals surface area contributed by atoms with Gasteiger partial charge in [-0.15, -0.1) is 0 Å². The minimum atomic E-state index is -0.0137. The first-order valence-corrected chi connectivity index (χ1v) is 7.83. The number of nitrogens with zero attached hydrogens (tertiary/aromatic N) is 3. The van der Waals surface area contributed by atoms with Crippen LogP contribution in [0.3, 0.4) is 0 Å². The van der Waals surface area contributed by atoms with Gasteiger partial charge in [0.25, 0.3) is 0 Å². The van der Waals surface area contributed by atoms with Crippen LogP contribution >= 0.6 is 0 Å². The van der Waals surface area contributed by atoms with Crippen molar-refractivity contribution >= 4 is 5.91 Å². The third kappa shape index (κ3) is 3.03. The highest BCUT2D eigenvalue weighted by Gasteiger charge is 2.29. The highest BCUT2D eigenvalue weighted by Crippen LogP contribution is 2.38. The molecule has 0 unspecified atom stereocenters. The smallest absolute Gasteiger partial charge is 0.216 e. The number of aryl methyl sites for hydroxylation is 1. The molecule has 1 aliphatic carbocycles. The Morgan fingerprint density at radius 2 is 2.14 bits per heavy atom. The second-order valence-corrected chi connectivity index (χ2v) is 6.02. The van der Waals surface area contributed by atoms with Gasteiger partial charge in [-0.2, -0.15) is 5.10 Å². The first-order chi connectivity index (χ1) is 10.6. The number of carbonyl (C=O) groups is 1. The van der Waals surface area contributed by atoms with Crippen LogP contribution < -0.4 is 5.32 Å². The summed E-state index contributed by atoms with van der Waals surface area (Å²) in [6.07, 6.45) is 3.05. The van der Waals surface area contributed by atoms with E-state index in [0.29, 0.717) is 18.9 Å². The zero-order valence-corrected chi connectivity index (χ0v) is 13.4. The molecule has 1 amide bonds. The lowest BCUT2D eigenvalue weighted by Crippen LogP contribution is -2.23. The Labute approximate surface area is 130 Å². The highest BCUT2D eigenvalue weighted by atomic mass is 16.1. The fourth-order valence-corrected chi connectivity index (χ4v) is 2.55. The monoisotopic (exact) mass is 298 g/mol. The average molecular weight is 298 g/mol. The summed E-state index contributed by atoms with van der Waals surface area (Å²) in [6, 6.07) is 6.23. The topological polar surface area (TPSA) is 59.8 Å². The lowest BCUT2D eigenvalue weighted by Gasteiger charge is -2.11. The average Bonchev–Trinajstić information content (AvgIpc) is 3.24. The van der Waals surface area contributed by atoms with Crippen molar-refractivity contribution in [1.29, 1.82) is 0 Å². The van der Waals surface area contributed by atoms with Gasteiger partial charge in [0.1, 0.15) is 5.82 Å². The quantitative estimate of drug-likeness (QED) is 0.922. The summed E-state index contributed by atoms with van der Waals surface area (Å²) in [5, 5.41) is 7.57. The van der Waals surface area contributed by atoms with Gasteiger partial charge in [-0.25, -0.2) is 9.67 Å². The molecule has 1 aromatic carbocycles. The Bertz CT molecular complexity index is 701. The summed E-state index contributed by atoms with van der Waals surface area (Å²) in [6.45, 7) is 6.34. The number of amides is 1. The van der Waals surface area contributed by atoms with Crippen LogP contribution in [0, 0.1) is 13.8 Å². The van der Waals surface area contributed by atoms with Crippen LogP contribution in [0.4, 0.5) is 0 Å². The van der Waals surface area contributed by atoms with Crippen LogP contribution in [0.25, 0.3) is 5.69 Å². The van der Waals surface area contributed by atoms with Crippen LogP contribution in [-0.4, -0.2) is 27.2 Å². The molecular weight excluding hydrogens is 276 g/mol. The van der Waals surface area contributed by atoms with Gasteiger partial charge in [0.2, 0.25) is 5.91 Å². The fourth-order valence-electron chi connectivity index (χ4n) is 2.55. The van der Waals surface area contributed by atoms with Crippen LogP contribution in [0.15, 0.2) is 18.2 Å². The SMILES string of the molecule is CC(=O)NCCc1nc(C2CC2)nn1-c1cccc(C)c1C. The Kier molecular flexibility index (Phi) is 3.96. The van der Waals surface area contributed by atoms with Gasteiger partial charge in [0.05, 0.1) is 5.69 Å². The van der Waals surface area contributed by atoms with E-state index in [1.807, 2.05) is 10.7 Å². The van der Waals surface area contributed by atoms with Gasteiger partial charge in [-0.1, -0.05) is 12.1 Å².